The van der Waals surface area contributed by atoms with Crippen molar-refractivity contribution in [2.45, 2.75) is 64.7 Å². The molecule has 0 spiro atoms. The van der Waals surface area contributed by atoms with Crippen LogP contribution in [0.2, 0.25) is 0 Å². The summed E-state index contributed by atoms with van der Waals surface area (Å²) >= 11 is 0. The zero-order chi connectivity index (χ0) is 9.10. The SMILES string of the molecule is CCCCC1CCC2CCC(C1)C2. The van der Waals surface area contributed by atoms with E-state index in [1.807, 2.05) is 0 Å². The fraction of sp³-hybridized carbons (Fsp3) is 1.00. The van der Waals surface area contributed by atoms with Crippen LogP contribution in [0, 0.1) is 17.8 Å². The first-order chi connectivity index (χ1) is 6.38. The molecule has 2 aliphatic rings. The van der Waals surface area contributed by atoms with E-state index in [9.17, 15) is 0 Å². The summed E-state index contributed by atoms with van der Waals surface area (Å²) in [6.07, 6.45) is 13.8. The molecule has 0 heterocycles. The lowest BCUT2D eigenvalue weighted by molar-refractivity contribution is 0.337. The van der Waals surface area contributed by atoms with Gasteiger partial charge in [-0.05, 0) is 30.6 Å². The van der Waals surface area contributed by atoms with Gasteiger partial charge in [0.1, 0.15) is 0 Å². The van der Waals surface area contributed by atoms with Gasteiger partial charge in [-0.15, -0.1) is 0 Å². The van der Waals surface area contributed by atoms with E-state index < -0.39 is 0 Å². The van der Waals surface area contributed by atoms with Gasteiger partial charge in [0.25, 0.3) is 0 Å². The highest BCUT2D eigenvalue weighted by atomic mass is 14.4. The third-order valence-corrected chi connectivity index (χ3v) is 4.27. The zero-order valence-corrected chi connectivity index (χ0v) is 9.10. The van der Waals surface area contributed by atoms with Crippen molar-refractivity contribution in [1.29, 1.82) is 0 Å². The highest BCUT2D eigenvalue weighted by Crippen LogP contribution is 2.43. The van der Waals surface area contributed by atoms with Gasteiger partial charge >= 0.3 is 0 Å². The Bertz CT molecular complexity index is 150. The van der Waals surface area contributed by atoms with Gasteiger partial charge in [0.15, 0.2) is 0 Å². The van der Waals surface area contributed by atoms with E-state index >= 15 is 0 Å². The second-order valence-corrected chi connectivity index (χ2v) is 5.37. The minimum Gasteiger partial charge on any atom is -0.0654 e. The van der Waals surface area contributed by atoms with Crippen LogP contribution in [0.1, 0.15) is 64.7 Å². The molecule has 13 heavy (non-hydrogen) atoms. The molecule has 0 radical (unpaired) electrons. The zero-order valence-electron chi connectivity index (χ0n) is 9.10. The van der Waals surface area contributed by atoms with E-state index in [0.29, 0.717) is 0 Å². The van der Waals surface area contributed by atoms with Gasteiger partial charge in [-0.3, -0.25) is 0 Å². The Morgan fingerprint density at radius 1 is 0.923 bits per heavy atom. The van der Waals surface area contributed by atoms with Crippen LogP contribution in [0.3, 0.4) is 0 Å². The first-order valence-corrected chi connectivity index (χ1v) is 6.38. The Hall–Kier alpha value is 0. The van der Waals surface area contributed by atoms with E-state index in [1.54, 1.807) is 38.5 Å². The average Bonchev–Trinajstić information content (AvgIpc) is 2.45. The molecule has 0 N–H and O–H groups in total. The number of hydrogen-bond donors (Lipinski definition) is 0. The van der Waals surface area contributed by atoms with E-state index in [-0.39, 0.29) is 0 Å². The van der Waals surface area contributed by atoms with Gasteiger partial charge in [-0.2, -0.15) is 0 Å². The Morgan fingerprint density at radius 3 is 2.54 bits per heavy atom. The van der Waals surface area contributed by atoms with E-state index in [2.05, 4.69) is 6.92 Å². The normalized spacial score (nSPS) is 39.0. The van der Waals surface area contributed by atoms with Gasteiger partial charge in [-0.1, -0.05) is 51.9 Å². The van der Waals surface area contributed by atoms with Crippen LogP contribution in [0.15, 0.2) is 0 Å². The largest absolute Gasteiger partial charge is 0.0654 e. The first-order valence-electron chi connectivity index (χ1n) is 6.38. The van der Waals surface area contributed by atoms with Gasteiger partial charge in [0.2, 0.25) is 0 Å². The lowest BCUT2D eigenvalue weighted by Crippen LogP contribution is -2.05. The molecule has 2 bridgehead atoms. The molecule has 0 saturated heterocycles. The van der Waals surface area contributed by atoms with Crippen molar-refractivity contribution in [3.05, 3.63) is 0 Å². The van der Waals surface area contributed by atoms with Gasteiger partial charge in [0, 0.05) is 0 Å². The molecule has 2 rings (SSSR count). The quantitative estimate of drug-likeness (QED) is 0.604. The third-order valence-electron chi connectivity index (χ3n) is 4.27. The summed E-state index contributed by atoms with van der Waals surface area (Å²) in [6, 6.07) is 0. The monoisotopic (exact) mass is 180 g/mol. The first kappa shape index (κ1) is 9.55. The molecule has 3 unspecified atom stereocenters. The molecule has 3 atom stereocenters. The molecule has 0 nitrogen and oxygen atoms in total. The minimum atomic E-state index is 1.11. The summed E-state index contributed by atoms with van der Waals surface area (Å²) in [7, 11) is 0. The summed E-state index contributed by atoms with van der Waals surface area (Å²) in [4.78, 5) is 0. The highest BCUT2D eigenvalue weighted by molar-refractivity contribution is 4.82. The molecule has 0 heteroatoms. The van der Waals surface area contributed by atoms with E-state index in [4.69, 9.17) is 0 Å². The van der Waals surface area contributed by atoms with Crippen LogP contribution in [-0.2, 0) is 0 Å². The van der Waals surface area contributed by atoms with Gasteiger partial charge in [-0.25, -0.2) is 0 Å². The van der Waals surface area contributed by atoms with Crippen molar-refractivity contribution in [3.63, 3.8) is 0 Å². The Kier molecular flexibility index (Phi) is 3.29. The Morgan fingerprint density at radius 2 is 1.69 bits per heavy atom. The van der Waals surface area contributed by atoms with Crippen molar-refractivity contribution in [3.8, 4) is 0 Å². The van der Waals surface area contributed by atoms with Crippen molar-refractivity contribution < 1.29 is 0 Å². The maximum Gasteiger partial charge on any atom is -0.0409 e. The summed E-state index contributed by atoms with van der Waals surface area (Å²) in [6.45, 7) is 2.32. The molecular weight excluding hydrogens is 156 g/mol. The summed E-state index contributed by atoms with van der Waals surface area (Å²) in [5, 5.41) is 0. The van der Waals surface area contributed by atoms with Crippen molar-refractivity contribution in [1.82, 2.24) is 0 Å². The van der Waals surface area contributed by atoms with Gasteiger partial charge in [0.05, 0.1) is 0 Å². The van der Waals surface area contributed by atoms with E-state index in [1.165, 1.54) is 19.3 Å². The number of rotatable bonds is 3. The highest BCUT2D eigenvalue weighted by Gasteiger charge is 2.30. The standard InChI is InChI=1S/C13H24/c1-2-3-4-11-5-6-12-7-8-13(9-11)10-12/h11-13H,2-10H2,1H3. The van der Waals surface area contributed by atoms with Crippen molar-refractivity contribution >= 4 is 0 Å². The number of hydrogen-bond acceptors (Lipinski definition) is 0. The van der Waals surface area contributed by atoms with Crippen LogP contribution >= 0.6 is 0 Å². The second-order valence-electron chi connectivity index (χ2n) is 5.37. The fourth-order valence-electron chi connectivity index (χ4n) is 3.47. The van der Waals surface area contributed by atoms with Gasteiger partial charge < -0.3 is 0 Å². The molecular formula is C13H24. The molecule has 0 aromatic rings. The predicted molar refractivity (Wildman–Crippen MR) is 57.7 cm³/mol. The van der Waals surface area contributed by atoms with E-state index in [0.717, 1.165) is 17.8 Å². The maximum atomic E-state index is 2.32. The second kappa shape index (κ2) is 4.48. The smallest absolute Gasteiger partial charge is 0.0409 e. The minimum absolute atomic E-state index is 1.11. The van der Waals surface area contributed by atoms with Crippen molar-refractivity contribution in [2.75, 3.05) is 0 Å². The van der Waals surface area contributed by atoms with Crippen LogP contribution in [0.5, 0.6) is 0 Å². The molecule has 2 fully saturated rings. The third kappa shape index (κ3) is 2.48. The lowest BCUT2D eigenvalue weighted by Gasteiger charge is -2.19. The molecule has 76 valence electrons. The number of fused-ring (bicyclic) bond motifs is 2. The number of unbranched alkanes of at least 4 members (excludes halogenated alkanes) is 1. The molecule has 0 aromatic heterocycles. The molecule has 0 amide bonds. The molecule has 2 saturated carbocycles. The van der Waals surface area contributed by atoms with Crippen molar-refractivity contribution in [2.24, 2.45) is 17.8 Å². The average molecular weight is 180 g/mol. The van der Waals surface area contributed by atoms with Crippen LogP contribution in [0.25, 0.3) is 0 Å². The molecule has 0 aromatic carbocycles. The van der Waals surface area contributed by atoms with Crippen LogP contribution in [0.4, 0.5) is 0 Å². The molecule has 0 aliphatic heterocycles. The molecule has 2 aliphatic carbocycles. The van der Waals surface area contributed by atoms with Crippen LogP contribution in [-0.4, -0.2) is 0 Å². The predicted octanol–water partition coefficient (Wildman–Crippen LogP) is 4.39. The summed E-state index contributed by atoms with van der Waals surface area (Å²) in [5.74, 6) is 3.38. The lowest BCUT2D eigenvalue weighted by atomic mass is 9.87. The van der Waals surface area contributed by atoms with Crippen LogP contribution < -0.4 is 0 Å². The topological polar surface area (TPSA) is 0 Å². The maximum absolute atomic E-state index is 2.32. The fourth-order valence-corrected chi connectivity index (χ4v) is 3.47. The Balaban J connectivity index is 1.79. The Labute approximate surface area is 83.1 Å². The summed E-state index contributed by atoms with van der Waals surface area (Å²) < 4.78 is 0. The summed E-state index contributed by atoms with van der Waals surface area (Å²) in [5.41, 5.74) is 0.